The Morgan fingerprint density at radius 2 is 2.08 bits per heavy atom. The third-order valence-corrected chi connectivity index (χ3v) is 1.90. The molecule has 2 rings (SSSR count). The van der Waals surface area contributed by atoms with Crippen molar-refractivity contribution in [3.8, 4) is 0 Å². The molecule has 2 N–H and O–H groups in total. The van der Waals surface area contributed by atoms with Gasteiger partial charge in [0.2, 0.25) is 0 Å². The first-order valence-electron chi connectivity index (χ1n) is 4.11. The highest BCUT2D eigenvalue weighted by molar-refractivity contribution is 5.67. The van der Waals surface area contributed by atoms with Gasteiger partial charge in [-0.3, -0.25) is 5.43 Å². The molecule has 1 aromatic rings. The summed E-state index contributed by atoms with van der Waals surface area (Å²) >= 11 is 0. The smallest absolute Gasteiger partial charge is 0.422 e. The number of hydrazine groups is 1. The summed E-state index contributed by atoms with van der Waals surface area (Å²) in [7, 11) is 0. The molecule has 4 nitrogen and oxygen atoms in total. The Morgan fingerprint density at radius 3 is 2.77 bits per heavy atom. The number of carbonyl (C=O) groups excluding carboxylic acids is 1. The van der Waals surface area contributed by atoms with Gasteiger partial charge in [-0.25, -0.2) is 10.2 Å². The molecule has 0 aliphatic carbocycles. The number of cyclic esters (lactones) is 1. The zero-order valence-electron chi connectivity index (χ0n) is 6.99. The van der Waals surface area contributed by atoms with Crippen LogP contribution in [-0.2, 0) is 4.74 Å². The predicted octanol–water partition coefficient (Wildman–Crippen LogP) is 0.972. The van der Waals surface area contributed by atoms with Gasteiger partial charge in [0.05, 0.1) is 6.54 Å². The van der Waals surface area contributed by atoms with E-state index in [1.807, 2.05) is 30.3 Å². The summed E-state index contributed by atoms with van der Waals surface area (Å²) in [5, 5.41) is 0. The van der Waals surface area contributed by atoms with Crippen LogP contribution in [0.3, 0.4) is 0 Å². The highest BCUT2D eigenvalue weighted by Gasteiger charge is 2.20. The SMILES string of the molecule is O=C1NNCC(c2ccccc2)O1. The van der Waals surface area contributed by atoms with Gasteiger partial charge in [0.15, 0.2) is 0 Å². The Morgan fingerprint density at radius 1 is 1.31 bits per heavy atom. The Balaban J connectivity index is 2.13. The van der Waals surface area contributed by atoms with E-state index in [4.69, 9.17) is 4.74 Å². The van der Waals surface area contributed by atoms with Crippen LogP contribution in [-0.4, -0.2) is 12.6 Å². The zero-order valence-corrected chi connectivity index (χ0v) is 6.99. The molecule has 68 valence electrons. The molecule has 1 atom stereocenters. The topological polar surface area (TPSA) is 50.4 Å². The number of benzene rings is 1. The molecule has 13 heavy (non-hydrogen) atoms. The number of hydrogen-bond donors (Lipinski definition) is 2. The van der Waals surface area contributed by atoms with Crippen molar-refractivity contribution in [2.24, 2.45) is 0 Å². The Kier molecular flexibility index (Phi) is 2.14. The van der Waals surface area contributed by atoms with Crippen LogP contribution >= 0.6 is 0 Å². The van der Waals surface area contributed by atoms with E-state index in [0.29, 0.717) is 6.54 Å². The van der Waals surface area contributed by atoms with Crippen molar-refractivity contribution in [2.75, 3.05) is 6.54 Å². The van der Waals surface area contributed by atoms with E-state index in [2.05, 4.69) is 10.9 Å². The summed E-state index contributed by atoms with van der Waals surface area (Å²) in [5.41, 5.74) is 6.13. The molecule has 1 heterocycles. The fourth-order valence-corrected chi connectivity index (χ4v) is 1.27. The van der Waals surface area contributed by atoms with E-state index in [1.165, 1.54) is 0 Å². The molecule has 1 saturated heterocycles. The maximum Gasteiger partial charge on any atom is 0.422 e. The molecule has 1 aliphatic rings. The molecule has 1 fully saturated rings. The standard InChI is InChI=1S/C9H10N2O2/c12-9-11-10-6-8(13-9)7-4-2-1-3-5-7/h1-5,8,10H,6H2,(H,11,12). The Bertz CT molecular complexity index is 300. The molecule has 1 aliphatic heterocycles. The van der Waals surface area contributed by atoms with Gasteiger partial charge < -0.3 is 4.74 Å². The minimum Gasteiger partial charge on any atom is -0.439 e. The van der Waals surface area contributed by atoms with Crippen molar-refractivity contribution in [2.45, 2.75) is 6.10 Å². The average molecular weight is 178 g/mol. The van der Waals surface area contributed by atoms with Gasteiger partial charge in [0, 0.05) is 0 Å². The highest BCUT2D eigenvalue weighted by atomic mass is 16.6. The van der Waals surface area contributed by atoms with Gasteiger partial charge in [0.25, 0.3) is 0 Å². The molecule has 0 aromatic heterocycles. The first-order valence-corrected chi connectivity index (χ1v) is 4.11. The summed E-state index contributed by atoms with van der Waals surface area (Å²) in [6.45, 7) is 0.593. The first-order chi connectivity index (χ1) is 6.36. The van der Waals surface area contributed by atoms with Crippen molar-refractivity contribution < 1.29 is 9.53 Å². The number of nitrogens with one attached hydrogen (secondary N) is 2. The zero-order chi connectivity index (χ0) is 9.10. The maximum absolute atomic E-state index is 10.9. The second-order valence-electron chi connectivity index (χ2n) is 2.81. The molecule has 1 unspecified atom stereocenters. The van der Waals surface area contributed by atoms with Crippen molar-refractivity contribution >= 4 is 6.09 Å². The largest absolute Gasteiger partial charge is 0.439 e. The number of carbonyl (C=O) groups is 1. The van der Waals surface area contributed by atoms with Gasteiger partial charge in [-0.2, -0.15) is 0 Å². The first kappa shape index (κ1) is 8.07. The van der Waals surface area contributed by atoms with E-state index in [0.717, 1.165) is 5.56 Å². The normalized spacial score (nSPS) is 21.8. The van der Waals surface area contributed by atoms with Crippen molar-refractivity contribution in [3.63, 3.8) is 0 Å². The van der Waals surface area contributed by atoms with Crippen molar-refractivity contribution in [1.82, 2.24) is 10.9 Å². The van der Waals surface area contributed by atoms with Crippen LogP contribution in [0.15, 0.2) is 30.3 Å². The van der Waals surface area contributed by atoms with Crippen LogP contribution < -0.4 is 10.9 Å². The fourth-order valence-electron chi connectivity index (χ4n) is 1.27. The summed E-state index contributed by atoms with van der Waals surface area (Å²) in [4.78, 5) is 10.9. The lowest BCUT2D eigenvalue weighted by Gasteiger charge is -2.23. The number of rotatable bonds is 1. The van der Waals surface area contributed by atoms with Crippen molar-refractivity contribution in [3.05, 3.63) is 35.9 Å². The summed E-state index contributed by atoms with van der Waals surface area (Å²) in [6, 6.07) is 9.64. The minimum absolute atomic E-state index is 0.185. The number of ether oxygens (including phenoxy) is 1. The molecule has 1 amide bonds. The minimum atomic E-state index is -0.430. The monoisotopic (exact) mass is 178 g/mol. The predicted molar refractivity (Wildman–Crippen MR) is 46.8 cm³/mol. The molecular formula is C9H10N2O2. The van der Waals surface area contributed by atoms with Crippen LogP contribution in [0, 0.1) is 0 Å². The van der Waals surface area contributed by atoms with Crippen LogP contribution in [0.2, 0.25) is 0 Å². The van der Waals surface area contributed by atoms with Crippen LogP contribution in [0.5, 0.6) is 0 Å². The van der Waals surface area contributed by atoms with Gasteiger partial charge in [0.1, 0.15) is 6.10 Å². The van der Waals surface area contributed by atoms with Gasteiger partial charge >= 0.3 is 6.09 Å². The lowest BCUT2D eigenvalue weighted by atomic mass is 10.1. The van der Waals surface area contributed by atoms with E-state index in [-0.39, 0.29) is 6.10 Å². The number of hydrogen-bond acceptors (Lipinski definition) is 3. The van der Waals surface area contributed by atoms with Crippen molar-refractivity contribution in [1.29, 1.82) is 0 Å². The van der Waals surface area contributed by atoms with E-state index in [1.54, 1.807) is 0 Å². The summed E-state index contributed by atoms with van der Waals surface area (Å²) in [5.74, 6) is 0. The van der Waals surface area contributed by atoms with Gasteiger partial charge in [-0.1, -0.05) is 30.3 Å². The van der Waals surface area contributed by atoms with Gasteiger partial charge in [-0.05, 0) is 5.56 Å². The van der Waals surface area contributed by atoms with Crippen LogP contribution in [0.25, 0.3) is 0 Å². The quantitative estimate of drug-likeness (QED) is 0.673. The molecule has 0 radical (unpaired) electrons. The molecule has 0 spiro atoms. The summed E-state index contributed by atoms with van der Waals surface area (Å²) in [6.07, 6.45) is -0.616. The second-order valence-corrected chi connectivity index (χ2v) is 2.81. The molecule has 0 bridgehead atoms. The second kappa shape index (κ2) is 3.45. The highest BCUT2D eigenvalue weighted by Crippen LogP contribution is 2.17. The molecular weight excluding hydrogens is 168 g/mol. The average Bonchev–Trinajstić information content (AvgIpc) is 2.19. The molecule has 4 heteroatoms. The number of amides is 1. The van der Waals surface area contributed by atoms with Crippen LogP contribution in [0.4, 0.5) is 4.79 Å². The Labute approximate surface area is 75.9 Å². The molecule has 0 saturated carbocycles. The lowest BCUT2D eigenvalue weighted by molar-refractivity contribution is 0.0679. The van der Waals surface area contributed by atoms with E-state index >= 15 is 0 Å². The maximum atomic E-state index is 10.9. The lowest BCUT2D eigenvalue weighted by Crippen LogP contribution is -2.46. The third-order valence-electron chi connectivity index (χ3n) is 1.90. The Hall–Kier alpha value is -1.55. The summed E-state index contributed by atoms with van der Waals surface area (Å²) < 4.78 is 5.06. The van der Waals surface area contributed by atoms with Gasteiger partial charge in [-0.15, -0.1) is 0 Å². The molecule has 1 aromatic carbocycles. The third kappa shape index (κ3) is 1.78. The van der Waals surface area contributed by atoms with E-state index < -0.39 is 6.09 Å². The van der Waals surface area contributed by atoms with Crippen LogP contribution in [0.1, 0.15) is 11.7 Å². The van der Waals surface area contributed by atoms with E-state index in [9.17, 15) is 4.79 Å². The fraction of sp³-hybridized carbons (Fsp3) is 0.222.